The van der Waals surface area contributed by atoms with Crippen LogP contribution < -0.4 is 20.3 Å². The van der Waals surface area contributed by atoms with Gasteiger partial charge in [0.2, 0.25) is 11.8 Å². The summed E-state index contributed by atoms with van der Waals surface area (Å²) in [6, 6.07) is 7.29. The van der Waals surface area contributed by atoms with Crippen LogP contribution in [0.1, 0.15) is 82.0 Å². The van der Waals surface area contributed by atoms with Crippen LogP contribution in [0.25, 0.3) is 0 Å². The number of carbonyl (C=O) groups is 3. The molecule has 0 spiro atoms. The molecule has 4 amide bonds. The Morgan fingerprint density at radius 1 is 1.07 bits per heavy atom. The van der Waals surface area contributed by atoms with E-state index >= 15 is 0 Å². The standard InChI is InChI=1S/C43H54BrN7O9S/c1-6-61(57,58)19-16-43(4,5)41-32-11-9-10-31(32)33-21-29(51(55)56)14-15-36(33)50(41)40(53)13-8-7-12-39(52)49-17-18-59-30(25-49)26-60-37-20-27(2)34(44)22-35(37)47-42(54)48-38-24-45-28(3)23-46-38/h9-10,14-15,20-24,30-32,41H,6-8,11-13,16-19,25-26H2,1-5H3,(H2,46,47,48,54)/t30-,31?,32?,41?/m0/s1. The average Bonchev–Trinajstić information content (AvgIpc) is 3.72. The number of rotatable bonds is 16. The normalized spacial score (nSPS) is 19.8. The van der Waals surface area contributed by atoms with Crippen LogP contribution in [0.4, 0.5) is 27.7 Å². The predicted molar refractivity (Wildman–Crippen MR) is 236 cm³/mol. The van der Waals surface area contributed by atoms with E-state index in [0.29, 0.717) is 68.3 Å². The molecule has 0 radical (unpaired) electrons. The minimum atomic E-state index is -3.27. The molecular formula is C43H54BrN7O9S. The summed E-state index contributed by atoms with van der Waals surface area (Å²) in [5.74, 6) is 0.299. The Labute approximate surface area is 365 Å². The van der Waals surface area contributed by atoms with Crippen molar-refractivity contribution in [2.24, 2.45) is 11.3 Å². The zero-order valence-electron chi connectivity index (χ0n) is 35.2. The lowest BCUT2D eigenvalue weighted by Crippen LogP contribution is -2.56. The molecule has 3 heterocycles. The fourth-order valence-electron chi connectivity index (χ4n) is 8.40. The number of ether oxygens (including phenoxy) is 2. The molecule has 3 aliphatic rings. The molecule has 1 saturated heterocycles. The second-order valence-electron chi connectivity index (χ2n) is 16.6. The van der Waals surface area contributed by atoms with E-state index in [2.05, 4.69) is 42.6 Å². The smallest absolute Gasteiger partial charge is 0.325 e. The van der Waals surface area contributed by atoms with Gasteiger partial charge >= 0.3 is 6.03 Å². The van der Waals surface area contributed by atoms with Gasteiger partial charge in [0, 0.05) is 59.4 Å². The number of hydrogen-bond acceptors (Lipinski definition) is 11. The number of fused-ring (bicyclic) bond motifs is 3. The maximum absolute atomic E-state index is 14.4. The summed E-state index contributed by atoms with van der Waals surface area (Å²) in [6.07, 6.45) is 8.97. The molecule has 2 N–H and O–H groups in total. The van der Waals surface area contributed by atoms with E-state index in [4.69, 9.17) is 9.47 Å². The van der Waals surface area contributed by atoms with Gasteiger partial charge in [-0.15, -0.1) is 0 Å². The van der Waals surface area contributed by atoms with E-state index in [-0.39, 0.29) is 66.3 Å². The largest absolute Gasteiger partial charge is 0.489 e. The molecule has 3 aromatic rings. The van der Waals surface area contributed by atoms with E-state index in [1.165, 1.54) is 12.3 Å². The van der Waals surface area contributed by atoms with Crippen molar-refractivity contribution in [3.8, 4) is 5.75 Å². The number of aromatic nitrogens is 2. The van der Waals surface area contributed by atoms with Gasteiger partial charge in [0.25, 0.3) is 5.69 Å². The number of nitro benzene ring substituents is 1. The Morgan fingerprint density at radius 2 is 1.82 bits per heavy atom. The Hall–Kier alpha value is -4.94. The van der Waals surface area contributed by atoms with Gasteiger partial charge < -0.3 is 24.6 Å². The minimum absolute atomic E-state index is 0.00416. The molecule has 2 aromatic carbocycles. The fourth-order valence-corrected chi connectivity index (χ4v) is 9.87. The Balaban J connectivity index is 1.06. The first-order valence-electron chi connectivity index (χ1n) is 20.6. The molecule has 2 aliphatic heterocycles. The number of nitro groups is 1. The highest BCUT2D eigenvalue weighted by atomic mass is 79.9. The van der Waals surface area contributed by atoms with Gasteiger partial charge in [-0.3, -0.25) is 30.0 Å². The number of morpholine rings is 1. The van der Waals surface area contributed by atoms with E-state index in [0.717, 1.165) is 21.3 Å². The number of anilines is 3. The van der Waals surface area contributed by atoms with Gasteiger partial charge in [-0.1, -0.05) is 48.9 Å². The monoisotopic (exact) mass is 923 g/mol. The van der Waals surface area contributed by atoms with Crippen LogP contribution in [0.2, 0.25) is 0 Å². The van der Waals surface area contributed by atoms with Crippen LogP contribution >= 0.6 is 15.9 Å². The molecule has 1 aromatic heterocycles. The fraction of sp³-hybridized carbons (Fsp3) is 0.512. The number of unbranched alkanes of at least 4 members (excludes halogenated alkanes) is 1. The molecule has 328 valence electrons. The number of allylic oxidation sites excluding steroid dienone is 2. The van der Waals surface area contributed by atoms with Crippen LogP contribution in [-0.2, 0) is 24.2 Å². The van der Waals surface area contributed by atoms with Crippen LogP contribution in [0.3, 0.4) is 0 Å². The topological polar surface area (TPSA) is 203 Å². The minimum Gasteiger partial charge on any atom is -0.489 e. The lowest BCUT2D eigenvalue weighted by Gasteiger charge is -2.51. The van der Waals surface area contributed by atoms with Crippen LogP contribution in [-0.4, -0.2) is 96.0 Å². The molecule has 16 nitrogen and oxygen atoms in total. The quantitative estimate of drug-likeness (QED) is 0.0623. The highest BCUT2D eigenvalue weighted by Crippen LogP contribution is 2.53. The van der Waals surface area contributed by atoms with Gasteiger partial charge in [0.1, 0.15) is 28.3 Å². The summed E-state index contributed by atoms with van der Waals surface area (Å²) < 4.78 is 38.1. The summed E-state index contributed by atoms with van der Waals surface area (Å²) in [5, 5.41) is 17.2. The van der Waals surface area contributed by atoms with Crippen molar-refractivity contribution in [3.63, 3.8) is 0 Å². The highest BCUT2D eigenvalue weighted by molar-refractivity contribution is 9.10. The van der Waals surface area contributed by atoms with Crippen LogP contribution in [0.15, 0.2) is 59.4 Å². The summed E-state index contributed by atoms with van der Waals surface area (Å²) in [7, 11) is -3.27. The molecule has 4 atom stereocenters. The second-order valence-corrected chi connectivity index (χ2v) is 19.9. The van der Waals surface area contributed by atoms with E-state index < -0.39 is 32.3 Å². The van der Waals surface area contributed by atoms with Crippen molar-refractivity contribution in [3.05, 3.63) is 86.3 Å². The van der Waals surface area contributed by atoms with E-state index in [1.807, 2.05) is 26.8 Å². The number of benzene rings is 2. The number of non-ortho nitro benzene ring substituents is 1. The first kappa shape index (κ1) is 45.6. The summed E-state index contributed by atoms with van der Waals surface area (Å²) in [4.78, 5) is 63.8. The highest BCUT2D eigenvalue weighted by Gasteiger charge is 2.50. The number of hydrogen-bond donors (Lipinski definition) is 2. The summed E-state index contributed by atoms with van der Waals surface area (Å²) in [5.41, 5.74) is 2.71. The molecule has 0 bridgehead atoms. The third-order valence-corrected chi connectivity index (χ3v) is 14.3. The van der Waals surface area contributed by atoms with Crippen molar-refractivity contribution in [1.82, 2.24) is 14.9 Å². The number of nitrogens with zero attached hydrogens (tertiary/aromatic N) is 5. The Kier molecular flexibility index (Phi) is 14.5. The summed E-state index contributed by atoms with van der Waals surface area (Å²) >= 11 is 3.52. The van der Waals surface area contributed by atoms with Gasteiger partial charge in [-0.05, 0) is 80.2 Å². The van der Waals surface area contributed by atoms with Gasteiger partial charge in [-0.2, -0.15) is 0 Å². The van der Waals surface area contributed by atoms with Crippen molar-refractivity contribution >= 4 is 66.5 Å². The molecule has 18 heteroatoms. The molecule has 3 unspecified atom stereocenters. The lowest BCUT2D eigenvalue weighted by atomic mass is 9.67. The number of amides is 4. The number of sulfone groups is 1. The van der Waals surface area contributed by atoms with Crippen molar-refractivity contribution < 1.29 is 37.2 Å². The SMILES string of the molecule is CCS(=O)(=O)CCC(C)(C)C1C2CC=CC2c2cc([N+](=O)[O-])ccc2N1C(=O)CCCCC(=O)N1CCO[C@H](COc2cc(C)c(Br)cc2NC(=O)Nc2cnc(C)cn2)C1. The maximum Gasteiger partial charge on any atom is 0.325 e. The second kappa shape index (κ2) is 19.4. The summed E-state index contributed by atoms with van der Waals surface area (Å²) in [6.45, 7) is 10.5. The molecule has 61 heavy (non-hydrogen) atoms. The molecule has 1 aliphatic carbocycles. The number of aryl methyl sites for hydroxylation is 2. The van der Waals surface area contributed by atoms with Crippen molar-refractivity contribution in [2.75, 3.05) is 53.3 Å². The predicted octanol–water partition coefficient (Wildman–Crippen LogP) is 7.50. The van der Waals surface area contributed by atoms with Gasteiger partial charge in [-0.25, -0.2) is 18.2 Å². The third-order valence-electron chi connectivity index (χ3n) is 11.8. The van der Waals surface area contributed by atoms with E-state index in [1.54, 1.807) is 54.1 Å². The average molecular weight is 925 g/mol. The van der Waals surface area contributed by atoms with E-state index in [9.17, 15) is 32.9 Å². The number of halogens is 1. The third kappa shape index (κ3) is 11.1. The van der Waals surface area contributed by atoms with Crippen LogP contribution in [0, 0.1) is 35.3 Å². The number of carbonyl (C=O) groups excluding carboxylic acids is 3. The molecular weight excluding hydrogens is 870 g/mol. The Morgan fingerprint density at radius 3 is 2.52 bits per heavy atom. The van der Waals surface area contributed by atoms with Gasteiger partial charge in [0.05, 0.1) is 47.6 Å². The van der Waals surface area contributed by atoms with Gasteiger partial charge in [0.15, 0.2) is 5.82 Å². The molecule has 6 rings (SSSR count). The van der Waals surface area contributed by atoms with Crippen LogP contribution in [0.5, 0.6) is 5.75 Å². The first-order valence-corrected chi connectivity index (χ1v) is 23.2. The van der Waals surface area contributed by atoms with Crippen molar-refractivity contribution in [1.29, 1.82) is 0 Å². The lowest BCUT2D eigenvalue weighted by molar-refractivity contribution is -0.384. The maximum atomic E-state index is 14.4. The zero-order valence-corrected chi connectivity index (χ0v) is 37.6. The molecule has 0 saturated carbocycles. The number of nitrogens with one attached hydrogen (secondary N) is 2. The van der Waals surface area contributed by atoms with Crippen molar-refractivity contribution in [2.45, 2.75) is 91.2 Å². The zero-order chi connectivity index (χ0) is 44.1. The first-order chi connectivity index (χ1) is 29.0. The Bertz CT molecular complexity index is 2270. The molecule has 1 fully saturated rings. The number of urea groups is 1.